The van der Waals surface area contributed by atoms with Crippen LogP contribution in [0.4, 0.5) is 11.5 Å². The van der Waals surface area contributed by atoms with Crippen molar-refractivity contribution in [2.45, 2.75) is 47.2 Å². The largest absolute Gasteiger partial charge is 0.383 e. The Morgan fingerprint density at radius 1 is 1.26 bits per heavy atom. The van der Waals surface area contributed by atoms with Crippen molar-refractivity contribution in [3.05, 3.63) is 20.8 Å². The zero-order valence-corrected chi connectivity index (χ0v) is 12.1. The number of H-pyrrole nitrogens is 1. The van der Waals surface area contributed by atoms with Crippen LogP contribution < -0.4 is 22.3 Å². The Hall–Kier alpha value is -1.72. The first-order chi connectivity index (χ1) is 8.64. The summed E-state index contributed by atoms with van der Waals surface area (Å²) in [7, 11) is 0. The Bertz CT molecular complexity index is 611. The average molecular weight is 266 g/mol. The number of rotatable bonds is 3. The van der Waals surface area contributed by atoms with Crippen molar-refractivity contribution in [1.82, 2.24) is 9.55 Å². The van der Waals surface area contributed by atoms with Crippen LogP contribution in [0.2, 0.25) is 0 Å². The molecule has 1 aromatic heterocycles. The lowest BCUT2D eigenvalue weighted by Crippen LogP contribution is -2.34. The maximum absolute atomic E-state index is 11.9. The summed E-state index contributed by atoms with van der Waals surface area (Å²) in [4.78, 5) is 25.8. The highest BCUT2D eigenvalue weighted by Gasteiger charge is 2.65. The molecule has 1 aliphatic rings. The van der Waals surface area contributed by atoms with Crippen molar-refractivity contribution < 1.29 is 0 Å². The molecule has 106 valence electrons. The molecule has 1 aromatic rings. The lowest BCUT2D eigenvalue weighted by atomic mass is 10.0. The number of aromatic amines is 1. The first kappa shape index (κ1) is 13.7. The van der Waals surface area contributed by atoms with Gasteiger partial charge >= 0.3 is 5.69 Å². The number of hydrogen-bond donors (Lipinski definition) is 3. The summed E-state index contributed by atoms with van der Waals surface area (Å²) in [5.74, 6) is 0.203. The Morgan fingerprint density at radius 3 is 2.21 bits per heavy atom. The number of nitrogens with zero attached hydrogens (tertiary/aromatic N) is 1. The van der Waals surface area contributed by atoms with E-state index in [1.807, 2.05) is 6.92 Å². The molecule has 19 heavy (non-hydrogen) atoms. The maximum atomic E-state index is 11.9. The molecule has 0 bridgehead atoms. The number of nitrogens with one attached hydrogen (secondary N) is 2. The van der Waals surface area contributed by atoms with Crippen LogP contribution in [0.3, 0.4) is 0 Å². The molecule has 6 heteroatoms. The van der Waals surface area contributed by atoms with Gasteiger partial charge in [-0.3, -0.25) is 14.3 Å². The quantitative estimate of drug-likeness (QED) is 0.760. The lowest BCUT2D eigenvalue weighted by molar-refractivity contribution is 0.457. The van der Waals surface area contributed by atoms with E-state index in [4.69, 9.17) is 5.73 Å². The van der Waals surface area contributed by atoms with Crippen molar-refractivity contribution in [2.24, 2.45) is 10.8 Å². The SMILES string of the molecule is CCn1c(N)c(NC2C(C)(C)C2(C)C)c(=O)[nH]c1=O. The fourth-order valence-electron chi connectivity index (χ4n) is 2.74. The van der Waals surface area contributed by atoms with Crippen molar-refractivity contribution >= 4 is 11.5 Å². The van der Waals surface area contributed by atoms with E-state index in [1.165, 1.54) is 4.57 Å². The highest BCUT2D eigenvalue weighted by molar-refractivity contribution is 5.62. The van der Waals surface area contributed by atoms with Crippen LogP contribution in [-0.2, 0) is 6.54 Å². The molecule has 6 nitrogen and oxygen atoms in total. The second kappa shape index (κ2) is 3.88. The van der Waals surface area contributed by atoms with Gasteiger partial charge in [0.25, 0.3) is 5.56 Å². The predicted octanol–water partition coefficient (Wildman–Crippen LogP) is 0.985. The van der Waals surface area contributed by atoms with E-state index < -0.39 is 11.2 Å². The highest BCUT2D eigenvalue weighted by Crippen LogP contribution is 2.63. The molecule has 1 fully saturated rings. The van der Waals surface area contributed by atoms with Crippen molar-refractivity contribution in [1.29, 1.82) is 0 Å². The van der Waals surface area contributed by atoms with E-state index in [2.05, 4.69) is 38.0 Å². The summed E-state index contributed by atoms with van der Waals surface area (Å²) in [6, 6.07) is 0.159. The molecule has 1 aliphatic carbocycles. The van der Waals surface area contributed by atoms with E-state index in [-0.39, 0.29) is 22.7 Å². The molecule has 0 radical (unpaired) electrons. The van der Waals surface area contributed by atoms with E-state index >= 15 is 0 Å². The van der Waals surface area contributed by atoms with E-state index in [9.17, 15) is 9.59 Å². The fraction of sp³-hybridized carbons (Fsp3) is 0.692. The number of anilines is 2. The molecule has 0 atom stereocenters. The second-order valence-electron chi connectivity index (χ2n) is 6.28. The standard InChI is InChI=1S/C13H22N4O2/c1-6-17-8(14)7(9(18)16-11(17)19)15-10-12(2,3)13(10,4)5/h10,15H,6,14H2,1-5H3,(H,16,18,19). The minimum atomic E-state index is -0.468. The predicted molar refractivity (Wildman–Crippen MR) is 76.4 cm³/mol. The van der Waals surface area contributed by atoms with Crippen molar-refractivity contribution in [2.75, 3.05) is 11.1 Å². The van der Waals surface area contributed by atoms with Gasteiger partial charge in [0, 0.05) is 12.6 Å². The average Bonchev–Trinajstić information content (AvgIpc) is 2.65. The molecule has 0 aromatic carbocycles. The lowest BCUT2D eigenvalue weighted by Gasteiger charge is -2.13. The Morgan fingerprint density at radius 2 is 1.79 bits per heavy atom. The summed E-state index contributed by atoms with van der Waals surface area (Å²) < 4.78 is 1.35. The summed E-state index contributed by atoms with van der Waals surface area (Å²) in [5.41, 5.74) is 5.47. The zero-order valence-electron chi connectivity index (χ0n) is 12.1. The van der Waals surface area contributed by atoms with Crippen molar-refractivity contribution in [3.8, 4) is 0 Å². The number of aromatic nitrogens is 2. The van der Waals surface area contributed by atoms with Crippen LogP contribution in [0.15, 0.2) is 9.59 Å². The van der Waals surface area contributed by atoms with Gasteiger partial charge in [-0.15, -0.1) is 0 Å². The van der Waals surface area contributed by atoms with E-state index in [1.54, 1.807) is 0 Å². The highest BCUT2D eigenvalue weighted by atomic mass is 16.2. The molecule has 0 unspecified atom stereocenters. The number of nitrogen functional groups attached to an aromatic ring is 1. The third-order valence-corrected chi connectivity index (χ3v) is 4.87. The molecule has 0 amide bonds. The van der Waals surface area contributed by atoms with Crippen LogP contribution in [0, 0.1) is 10.8 Å². The summed E-state index contributed by atoms with van der Waals surface area (Å²) >= 11 is 0. The molecule has 2 rings (SSSR count). The van der Waals surface area contributed by atoms with Crippen LogP contribution in [-0.4, -0.2) is 15.6 Å². The Labute approximate surface area is 112 Å². The van der Waals surface area contributed by atoms with Gasteiger partial charge in [0.1, 0.15) is 11.5 Å². The summed E-state index contributed by atoms with van der Waals surface area (Å²) in [6.07, 6.45) is 0. The molecule has 0 aliphatic heterocycles. The van der Waals surface area contributed by atoms with Gasteiger partial charge in [-0.2, -0.15) is 0 Å². The van der Waals surface area contributed by atoms with Crippen LogP contribution in [0.5, 0.6) is 0 Å². The number of nitrogens with two attached hydrogens (primary N) is 1. The minimum absolute atomic E-state index is 0.0824. The fourth-order valence-corrected chi connectivity index (χ4v) is 2.74. The molecule has 0 saturated heterocycles. The van der Waals surface area contributed by atoms with Gasteiger partial charge in [0.15, 0.2) is 0 Å². The second-order valence-corrected chi connectivity index (χ2v) is 6.28. The Balaban J connectivity index is 2.44. The third-order valence-electron chi connectivity index (χ3n) is 4.87. The van der Waals surface area contributed by atoms with Gasteiger partial charge < -0.3 is 11.1 Å². The molecular weight excluding hydrogens is 244 g/mol. The van der Waals surface area contributed by atoms with Crippen LogP contribution >= 0.6 is 0 Å². The first-order valence-electron chi connectivity index (χ1n) is 6.53. The van der Waals surface area contributed by atoms with Gasteiger partial charge in [0.05, 0.1) is 0 Å². The molecule has 4 N–H and O–H groups in total. The number of hydrogen-bond acceptors (Lipinski definition) is 4. The van der Waals surface area contributed by atoms with E-state index in [0.717, 1.165) is 0 Å². The monoisotopic (exact) mass is 266 g/mol. The molecule has 1 heterocycles. The molecular formula is C13H22N4O2. The minimum Gasteiger partial charge on any atom is -0.383 e. The topological polar surface area (TPSA) is 92.9 Å². The van der Waals surface area contributed by atoms with Crippen LogP contribution in [0.1, 0.15) is 34.6 Å². The molecule has 0 spiro atoms. The zero-order chi connectivity index (χ0) is 14.6. The normalized spacial score (nSPS) is 20.3. The molecule has 1 saturated carbocycles. The third kappa shape index (κ3) is 1.77. The van der Waals surface area contributed by atoms with E-state index in [0.29, 0.717) is 12.2 Å². The Kier molecular flexibility index (Phi) is 2.80. The van der Waals surface area contributed by atoms with Gasteiger partial charge in [-0.05, 0) is 17.8 Å². The smallest absolute Gasteiger partial charge is 0.330 e. The van der Waals surface area contributed by atoms with Gasteiger partial charge in [-0.25, -0.2) is 4.79 Å². The van der Waals surface area contributed by atoms with Crippen molar-refractivity contribution in [3.63, 3.8) is 0 Å². The first-order valence-corrected chi connectivity index (χ1v) is 6.53. The van der Waals surface area contributed by atoms with Crippen LogP contribution in [0.25, 0.3) is 0 Å². The maximum Gasteiger partial charge on any atom is 0.330 e. The van der Waals surface area contributed by atoms with Gasteiger partial charge in [-0.1, -0.05) is 27.7 Å². The summed E-state index contributed by atoms with van der Waals surface area (Å²) in [5, 5.41) is 3.21. The van der Waals surface area contributed by atoms with Gasteiger partial charge in [0.2, 0.25) is 0 Å². The summed E-state index contributed by atoms with van der Waals surface area (Å²) in [6.45, 7) is 10.8.